The van der Waals surface area contributed by atoms with Crippen molar-refractivity contribution in [3.05, 3.63) is 84.8 Å². The maximum atomic E-state index is 5.95. The minimum atomic E-state index is 0.593. The van der Waals surface area contributed by atoms with E-state index in [9.17, 15) is 0 Å². The van der Waals surface area contributed by atoms with Gasteiger partial charge in [-0.15, -0.1) is 0 Å². The lowest BCUT2D eigenvalue weighted by Gasteiger charge is -2.03. The summed E-state index contributed by atoms with van der Waals surface area (Å²) < 4.78 is 13.2. The molecule has 5 nitrogen and oxygen atoms in total. The molecule has 29 heavy (non-hydrogen) atoms. The third-order valence-electron chi connectivity index (χ3n) is 4.54. The average molecular weight is 402 g/mol. The average Bonchev–Trinajstić information content (AvgIpc) is 3.25. The number of benzene rings is 2. The van der Waals surface area contributed by atoms with Gasteiger partial charge in [0.25, 0.3) is 0 Å². The number of thiocarbonyl (C=S) groups is 1. The van der Waals surface area contributed by atoms with Crippen molar-refractivity contribution in [2.75, 3.05) is 12.4 Å². The number of pyridine rings is 1. The Kier molecular flexibility index (Phi) is 5.63. The second kappa shape index (κ2) is 8.67. The van der Waals surface area contributed by atoms with Gasteiger partial charge in [0.05, 0.1) is 18.8 Å². The van der Waals surface area contributed by atoms with Crippen molar-refractivity contribution in [3.8, 4) is 28.5 Å². The molecule has 0 saturated carbocycles. The number of nitrogens with one attached hydrogen (secondary N) is 1. The topological polar surface area (TPSA) is 51.2 Å². The van der Waals surface area contributed by atoms with Crippen LogP contribution in [-0.2, 0) is 6.54 Å². The summed E-state index contributed by atoms with van der Waals surface area (Å²) in [5.41, 5.74) is 5.57. The first-order valence-corrected chi connectivity index (χ1v) is 9.61. The second-order valence-electron chi connectivity index (χ2n) is 6.48. The maximum Gasteiger partial charge on any atom is 0.227 e. The highest BCUT2D eigenvalue weighted by Gasteiger charge is 2.11. The Morgan fingerprint density at radius 2 is 1.86 bits per heavy atom. The number of oxazole rings is 1. The summed E-state index contributed by atoms with van der Waals surface area (Å²) in [6, 6.07) is 19.9. The Morgan fingerprint density at radius 1 is 1.07 bits per heavy atom. The molecule has 0 spiro atoms. The fraction of sp³-hybridized carbons (Fsp3) is 0.0870. The molecule has 0 radical (unpaired) electrons. The number of anilines is 1. The van der Waals surface area contributed by atoms with Crippen LogP contribution >= 0.6 is 12.2 Å². The highest BCUT2D eigenvalue weighted by molar-refractivity contribution is 7.79. The molecule has 0 fully saturated rings. The molecule has 4 rings (SSSR count). The van der Waals surface area contributed by atoms with Gasteiger partial charge in [-0.1, -0.05) is 24.4 Å². The first-order chi connectivity index (χ1) is 14.2. The van der Waals surface area contributed by atoms with Gasteiger partial charge in [0, 0.05) is 34.5 Å². The minimum Gasteiger partial charge on any atom is -0.497 e. The van der Waals surface area contributed by atoms with Crippen LogP contribution in [-0.4, -0.2) is 17.6 Å². The number of nitrogens with zero attached hydrogens (tertiary/aromatic N) is 2. The van der Waals surface area contributed by atoms with E-state index < -0.39 is 0 Å². The molecule has 0 amide bonds. The Balaban J connectivity index is 1.48. The van der Waals surface area contributed by atoms with Crippen LogP contribution in [0.1, 0.15) is 5.56 Å². The molecule has 1 N–H and O–H groups in total. The van der Waals surface area contributed by atoms with Crippen molar-refractivity contribution in [1.29, 1.82) is 0 Å². The summed E-state index contributed by atoms with van der Waals surface area (Å²) in [7, 11) is 1.65. The van der Waals surface area contributed by atoms with Gasteiger partial charge >= 0.3 is 0 Å². The van der Waals surface area contributed by atoms with Crippen LogP contribution in [0, 0.1) is 0 Å². The standard InChI is InChI=1S/C23H19N3O2S/c1-27-21-7-5-18(6-8-21)22-14-24-23(28-22)19-9-11-26(12-10-19)15-17-3-2-4-20(13-17)25-16-29/h2-14,16H,15H2,1H3/p+1. The predicted molar refractivity (Wildman–Crippen MR) is 117 cm³/mol. The Bertz CT molecular complexity index is 1110. The van der Waals surface area contributed by atoms with Crippen molar-refractivity contribution < 1.29 is 13.7 Å². The molecular formula is C23H20N3O2S+. The van der Waals surface area contributed by atoms with E-state index >= 15 is 0 Å². The molecule has 0 aliphatic rings. The van der Waals surface area contributed by atoms with E-state index in [0.29, 0.717) is 5.89 Å². The number of hydrogen-bond donors (Lipinski definition) is 1. The Morgan fingerprint density at radius 3 is 2.59 bits per heavy atom. The van der Waals surface area contributed by atoms with Gasteiger partial charge in [-0.25, -0.2) is 9.55 Å². The molecule has 0 bridgehead atoms. The summed E-state index contributed by atoms with van der Waals surface area (Å²) in [6.07, 6.45) is 5.78. The fourth-order valence-corrected chi connectivity index (χ4v) is 3.18. The molecule has 2 heterocycles. The molecule has 2 aromatic carbocycles. The molecule has 144 valence electrons. The quantitative estimate of drug-likeness (QED) is 0.358. The first-order valence-electron chi connectivity index (χ1n) is 9.14. The summed E-state index contributed by atoms with van der Waals surface area (Å²) in [5.74, 6) is 2.13. The predicted octanol–water partition coefficient (Wildman–Crippen LogP) is 4.72. The zero-order valence-electron chi connectivity index (χ0n) is 15.9. The monoisotopic (exact) mass is 402 g/mol. The third-order valence-corrected chi connectivity index (χ3v) is 4.65. The van der Waals surface area contributed by atoms with Crippen molar-refractivity contribution >= 4 is 23.4 Å². The zero-order valence-corrected chi connectivity index (χ0v) is 16.7. The Hall–Kier alpha value is -3.51. The van der Waals surface area contributed by atoms with Crippen LogP contribution in [0.4, 0.5) is 5.69 Å². The van der Waals surface area contributed by atoms with E-state index in [1.165, 1.54) is 11.1 Å². The molecule has 0 aliphatic carbocycles. The fourth-order valence-electron chi connectivity index (χ4n) is 3.04. The van der Waals surface area contributed by atoms with Crippen molar-refractivity contribution in [3.63, 3.8) is 0 Å². The number of aromatic nitrogens is 2. The first kappa shape index (κ1) is 18.8. The zero-order chi connectivity index (χ0) is 20.1. The van der Waals surface area contributed by atoms with Gasteiger partial charge in [-0.05, 0) is 36.4 Å². The van der Waals surface area contributed by atoms with Gasteiger partial charge in [0.1, 0.15) is 5.75 Å². The van der Waals surface area contributed by atoms with Gasteiger partial charge < -0.3 is 14.5 Å². The number of methoxy groups -OCH3 is 1. The van der Waals surface area contributed by atoms with Crippen LogP contribution in [0.3, 0.4) is 0 Å². The number of rotatable bonds is 7. The molecule has 0 saturated heterocycles. The molecule has 0 aliphatic heterocycles. The molecular weight excluding hydrogens is 382 g/mol. The molecule has 6 heteroatoms. The lowest BCUT2D eigenvalue weighted by atomic mass is 10.2. The SMILES string of the molecule is COc1ccc(-c2cnc(-c3cc[n+](Cc4cccc(NC=S)c4)cc3)o2)cc1. The maximum absolute atomic E-state index is 5.95. The molecule has 2 aromatic heterocycles. The van der Waals surface area contributed by atoms with E-state index in [0.717, 1.165) is 34.9 Å². The molecule has 4 aromatic rings. The largest absolute Gasteiger partial charge is 0.497 e. The van der Waals surface area contributed by atoms with E-state index in [1.807, 2.05) is 60.9 Å². The highest BCUT2D eigenvalue weighted by atomic mass is 32.1. The van der Waals surface area contributed by atoms with Gasteiger partial charge in [-0.2, -0.15) is 0 Å². The van der Waals surface area contributed by atoms with Crippen molar-refractivity contribution in [1.82, 2.24) is 4.98 Å². The van der Waals surface area contributed by atoms with E-state index in [1.54, 1.807) is 13.3 Å². The lowest BCUT2D eigenvalue weighted by molar-refractivity contribution is -0.688. The van der Waals surface area contributed by atoms with Crippen LogP contribution < -0.4 is 14.6 Å². The van der Waals surface area contributed by atoms with Crippen molar-refractivity contribution in [2.45, 2.75) is 6.54 Å². The van der Waals surface area contributed by atoms with Crippen LogP contribution in [0.5, 0.6) is 5.75 Å². The molecule has 0 unspecified atom stereocenters. The summed E-state index contributed by atoms with van der Waals surface area (Å²) in [6.45, 7) is 0.760. The van der Waals surface area contributed by atoms with E-state index in [-0.39, 0.29) is 0 Å². The van der Waals surface area contributed by atoms with Gasteiger partial charge in [0.15, 0.2) is 24.7 Å². The summed E-state index contributed by atoms with van der Waals surface area (Å²) in [5, 5.41) is 3.04. The highest BCUT2D eigenvalue weighted by Crippen LogP contribution is 2.26. The number of ether oxygens (including phenoxy) is 1. The number of hydrogen-bond acceptors (Lipinski definition) is 4. The van der Waals surface area contributed by atoms with E-state index in [4.69, 9.17) is 21.4 Å². The van der Waals surface area contributed by atoms with Crippen LogP contribution in [0.25, 0.3) is 22.8 Å². The third kappa shape index (κ3) is 4.50. The smallest absolute Gasteiger partial charge is 0.227 e. The molecule has 0 atom stereocenters. The van der Waals surface area contributed by atoms with Gasteiger partial charge in [0.2, 0.25) is 5.89 Å². The summed E-state index contributed by atoms with van der Waals surface area (Å²) >= 11 is 4.85. The minimum absolute atomic E-state index is 0.593. The van der Waals surface area contributed by atoms with Crippen LogP contribution in [0.2, 0.25) is 0 Å². The summed E-state index contributed by atoms with van der Waals surface area (Å²) in [4.78, 5) is 4.42. The van der Waals surface area contributed by atoms with Crippen molar-refractivity contribution in [2.24, 2.45) is 0 Å². The Labute approximate surface area is 174 Å². The normalized spacial score (nSPS) is 10.5. The van der Waals surface area contributed by atoms with Crippen LogP contribution in [0.15, 0.2) is 83.7 Å². The van der Waals surface area contributed by atoms with Gasteiger partial charge in [-0.3, -0.25) is 0 Å². The second-order valence-corrected chi connectivity index (χ2v) is 6.72. The lowest BCUT2D eigenvalue weighted by Crippen LogP contribution is -2.33. The van der Waals surface area contributed by atoms with E-state index in [2.05, 4.69) is 27.0 Å².